The Labute approximate surface area is 184 Å². The zero-order chi connectivity index (χ0) is 21.9. The van der Waals surface area contributed by atoms with Gasteiger partial charge in [-0.15, -0.1) is 0 Å². The van der Waals surface area contributed by atoms with Crippen LogP contribution in [0.4, 0.5) is 0 Å². The highest BCUT2D eigenvalue weighted by molar-refractivity contribution is 5.66. The van der Waals surface area contributed by atoms with E-state index < -0.39 is 0 Å². The van der Waals surface area contributed by atoms with Gasteiger partial charge in [-0.05, 0) is 86.9 Å². The van der Waals surface area contributed by atoms with E-state index in [9.17, 15) is 4.79 Å². The van der Waals surface area contributed by atoms with Gasteiger partial charge in [0.25, 0.3) is 0 Å². The number of hydrogen-bond acceptors (Lipinski definition) is 3. The summed E-state index contributed by atoms with van der Waals surface area (Å²) in [7, 11) is 0. The first-order valence-corrected chi connectivity index (χ1v) is 12.4. The van der Waals surface area contributed by atoms with Crippen LogP contribution in [0.15, 0.2) is 11.6 Å². The average molecular weight is 417 g/mol. The summed E-state index contributed by atoms with van der Waals surface area (Å²) in [5, 5.41) is 0. The van der Waals surface area contributed by atoms with Crippen LogP contribution in [-0.2, 0) is 14.3 Å². The van der Waals surface area contributed by atoms with Crippen LogP contribution in [0, 0.1) is 34.0 Å². The zero-order valence-corrected chi connectivity index (χ0v) is 20.5. The molecule has 1 aliphatic heterocycles. The third-order valence-electron chi connectivity index (χ3n) is 10.1. The van der Waals surface area contributed by atoms with Crippen molar-refractivity contribution >= 4 is 5.97 Å². The molecule has 7 atom stereocenters. The second-order valence-corrected chi connectivity index (χ2v) is 12.5. The van der Waals surface area contributed by atoms with Gasteiger partial charge >= 0.3 is 5.97 Å². The largest absolute Gasteiger partial charge is 0.462 e. The quantitative estimate of drug-likeness (QED) is 0.352. The molecule has 3 aliphatic carbocycles. The molecule has 2 unspecified atom stereocenters. The lowest BCUT2D eigenvalue weighted by Crippen LogP contribution is -2.67. The van der Waals surface area contributed by atoms with Crippen LogP contribution >= 0.6 is 0 Å². The molecule has 4 aliphatic rings. The minimum Gasteiger partial charge on any atom is -0.462 e. The maximum Gasteiger partial charge on any atom is 0.302 e. The van der Waals surface area contributed by atoms with E-state index in [1.807, 2.05) is 0 Å². The maximum atomic E-state index is 12.2. The number of hydrogen-bond donors (Lipinski definition) is 0. The summed E-state index contributed by atoms with van der Waals surface area (Å²) >= 11 is 0. The molecule has 0 aromatic carbocycles. The van der Waals surface area contributed by atoms with Crippen molar-refractivity contribution < 1.29 is 14.3 Å². The first-order valence-electron chi connectivity index (χ1n) is 12.4. The lowest BCUT2D eigenvalue weighted by Gasteiger charge is -2.69. The minimum atomic E-state index is -0.114. The highest BCUT2D eigenvalue weighted by atomic mass is 16.5. The minimum absolute atomic E-state index is 0.0217. The van der Waals surface area contributed by atoms with Crippen LogP contribution in [0.3, 0.4) is 0 Å². The van der Waals surface area contributed by atoms with E-state index >= 15 is 0 Å². The zero-order valence-electron chi connectivity index (χ0n) is 20.5. The summed E-state index contributed by atoms with van der Waals surface area (Å²) in [5.74, 6) is 1.51. The number of fused-ring (bicyclic) bond motifs is 5. The molecular formula is C27H44O3. The SMILES string of the molecule is CC(=O)O[C@H]1C[C@]2(C)C(CC[C@]3(C)OC/C=C(/C)CC[C@H]32)[C@@]2(C)CCCC(C)(C)C12. The number of esters is 1. The molecule has 0 saturated heterocycles. The topological polar surface area (TPSA) is 35.5 Å². The summed E-state index contributed by atoms with van der Waals surface area (Å²) < 4.78 is 12.8. The van der Waals surface area contributed by atoms with Gasteiger partial charge in [0.05, 0.1) is 12.2 Å². The number of rotatable bonds is 1. The Balaban J connectivity index is 1.79. The van der Waals surface area contributed by atoms with Crippen molar-refractivity contribution in [3.05, 3.63) is 11.6 Å². The molecule has 4 rings (SSSR count). The van der Waals surface area contributed by atoms with E-state index in [0.29, 0.717) is 17.8 Å². The first-order chi connectivity index (χ1) is 13.9. The molecule has 0 aromatic heterocycles. The third kappa shape index (κ3) is 3.38. The Bertz CT molecular complexity index is 724. The van der Waals surface area contributed by atoms with E-state index in [0.717, 1.165) is 25.9 Å². The fourth-order valence-corrected chi connectivity index (χ4v) is 9.22. The molecule has 170 valence electrons. The van der Waals surface area contributed by atoms with Gasteiger partial charge in [0.1, 0.15) is 6.10 Å². The van der Waals surface area contributed by atoms with Crippen LogP contribution < -0.4 is 0 Å². The maximum absolute atomic E-state index is 12.2. The molecule has 0 bridgehead atoms. The molecule has 30 heavy (non-hydrogen) atoms. The normalized spacial score (nSPS) is 49.9. The molecule has 0 amide bonds. The smallest absolute Gasteiger partial charge is 0.302 e. The molecule has 0 radical (unpaired) electrons. The van der Waals surface area contributed by atoms with Gasteiger partial charge in [-0.2, -0.15) is 0 Å². The van der Waals surface area contributed by atoms with Crippen LogP contribution in [0.2, 0.25) is 0 Å². The van der Waals surface area contributed by atoms with Gasteiger partial charge in [-0.25, -0.2) is 0 Å². The fourth-order valence-electron chi connectivity index (χ4n) is 9.22. The Kier molecular flexibility index (Phi) is 5.48. The summed E-state index contributed by atoms with van der Waals surface area (Å²) in [4.78, 5) is 12.2. The monoisotopic (exact) mass is 416 g/mol. The fraction of sp³-hybridized carbons (Fsp3) is 0.889. The van der Waals surface area contributed by atoms with Gasteiger partial charge in [-0.3, -0.25) is 4.79 Å². The second-order valence-electron chi connectivity index (χ2n) is 12.5. The van der Waals surface area contributed by atoms with Crippen molar-refractivity contribution in [3.63, 3.8) is 0 Å². The molecule has 0 spiro atoms. The molecular weight excluding hydrogens is 372 g/mol. The Morgan fingerprint density at radius 2 is 1.77 bits per heavy atom. The second kappa shape index (κ2) is 7.36. The molecule has 3 fully saturated rings. The molecule has 0 N–H and O–H groups in total. The van der Waals surface area contributed by atoms with E-state index in [2.05, 4.69) is 47.6 Å². The van der Waals surface area contributed by atoms with Crippen molar-refractivity contribution in [2.24, 2.45) is 34.0 Å². The van der Waals surface area contributed by atoms with Crippen molar-refractivity contribution in [2.75, 3.05) is 6.61 Å². The Hall–Kier alpha value is -0.830. The van der Waals surface area contributed by atoms with Gasteiger partial charge < -0.3 is 9.47 Å². The predicted molar refractivity (Wildman–Crippen MR) is 121 cm³/mol. The Morgan fingerprint density at radius 1 is 1.03 bits per heavy atom. The lowest BCUT2D eigenvalue weighted by molar-refractivity contribution is -0.254. The number of carbonyl (C=O) groups is 1. The third-order valence-corrected chi connectivity index (χ3v) is 10.1. The molecule has 0 aromatic rings. The van der Waals surface area contributed by atoms with Crippen molar-refractivity contribution in [2.45, 2.75) is 112 Å². The van der Waals surface area contributed by atoms with Gasteiger partial charge in [-0.1, -0.05) is 45.8 Å². The Morgan fingerprint density at radius 3 is 2.47 bits per heavy atom. The van der Waals surface area contributed by atoms with Gasteiger partial charge in [0.2, 0.25) is 0 Å². The summed E-state index contributed by atoms with van der Waals surface area (Å²) in [6, 6.07) is 0. The van der Waals surface area contributed by atoms with Gasteiger partial charge in [0.15, 0.2) is 0 Å². The van der Waals surface area contributed by atoms with Crippen molar-refractivity contribution in [3.8, 4) is 0 Å². The van der Waals surface area contributed by atoms with E-state index in [1.54, 1.807) is 6.92 Å². The van der Waals surface area contributed by atoms with Crippen molar-refractivity contribution in [1.82, 2.24) is 0 Å². The van der Waals surface area contributed by atoms with Gasteiger partial charge in [0, 0.05) is 12.8 Å². The lowest BCUT2D eigenvalue weighted by atomic mass is 9.37. The van der Waals surface area contributed by atoms with Crippen LogP contribution in [0.25, 0.3) is 0 Å². The molecule has 3 heteroatoms. The summed E-state index contributed by atoms with van der Waals surface area (Å²) in [5.41, 5.74) is 1.97. The molecule has 3 nitrogen and oxygen atoms in total. The highest BCUT2D eigenvalue weighted by Crippen LogP contribution is 2.70. The molecule has 1 heterocycles. The van der Waals surface area contributed by atoms with E-state index in [4.69, 9.17) is 9.47 Å². The van der Waals surface area contributed by atoms with Crippen LogP contribution in [0.1, 0.15) is 99.8 Å². The summed E-state index contributed by atoms with van der Waals surface area (Å²) in [6.45, 7) is 16.9. The molecule has 3 saturated carbocycles. The highest BCUT2D eigenvalue weighted by Gasteiger charge is 2.67. The van der Waals surface area contributed by atoms with Crippen LogP contribution in [0.5, 0.6) is 0 Å². The standard InChI is InChI=1S/C27H44O3/c1-18-9-10-22-26(6)17-20(30-19(2)28)23-24(3,4)13-8-14-25(23,5)21(26)11-15-27(22,7)29-16-12-18/h12,20-23H,8-11,13-17H2,1-7H3/b18-12-/t20-,21?,22-,23?,25+,26+,27-/m0/s1. The first kappa shape index (κ1) is 22.4. The van der Waals surface area contributed by atoms with E-state index in [1.165, 1.54) is 37.7 Å². The number of ether oxygens (including phenoxy) is 2. The van der Waals surface area contributed by atoms with E-state index in [-0.39, 0.29) is 33.9 Å². The van der Waals surface area contributed by atoms with Crippen molar-refractivity contribution in [1.29, 1.82) is 0 Å². The predicted octanol–water partition coefficient (Wildman–Crippen LogP) is 6.70. The number of allylic oxidation sites excluding steroid dienone is 1. The van der Waals surface area contributed by atoms with Crippen LogP contribution in [-0.4, -0.2) is 24.3 Å². The number of carbonyl (C=O) groups excluding carboxylic acids is 1. The summed E-state index contributed by atoms with van der Waals surface area (Å²) in [6.07, 6.45) is 11.8. The average Bonchev–Trinajstić information content (AvgIpc) is 2.57.